The molecule has 1 saturated heterocycles. The van der Waals surface area contributed by atoms with Gasteiger partial charge in [0.1, 0.15) is 0 Å². The molecule has 0 saturated carbocycles. The summed E-state index contributed by atoms with van der Waals surface area (Å²) < 4.78 is 0. The maximum Gasteiger partial charge on any atom is 0.228 e. The molecule has 1 aromatic carbocycles. The van der Waals surface area contributed by atoms with Gasteiger partial charge in [0.2, 0.25) is 11.8 Å². The Bertz CT molecular complexity index is 822. The lowest BCUT2D eigenvalue weighted by atomic mass is 10.1. The fraction of sp³-hybridized carbons (Fsp3) is 0.333. The van der Waals surface area contributed by atoms with E-state index in [0.29, 0.717) is 35.9 Å². The molecule has 3 rings (SSSR count). The molecule has 0 N–H and O–H groups in total. The van der Waals surface area contributed by atoms with E-state index in [1.807, 2.05) is 17.5 Å². The van der Waals surface area contributed by atoms with E-state index in [4.69, 9.17) is 5.26 Å². The van der Waals surface area contributed by atoms with Crippen LogP contribution in [-0.4, -0.2) is 35.3 Å². The Kier molecular flexibility index (Phi) is 5.10. The van der Waals surface area contributed by atoms with Gasteiger partial charge in [-0.1, -0.05) is 12.1 Å². The number of benzene rings is 1. The number of carbonyl (C=O) groups excluding carboxylic acids is 2. The molecule has 2 aromatic rings. The summed E-state index contributed by atoms with van der Waals surface area (Å²) in [6.45, 7) is 1.18. The molecule has 1 aromatic heterocycles. The van der Waals surface area contributed by atoms with E-state index in [9.17, 15) is 9.59 Å². The number of nitrogens with zero attached hydrogens (tertiary/aromatic N) is 4. The highest BCUT2D eigenvalue weighted by Gasteiger charge is 2.24. The highest BCUT2D eigenvalue weighted by molar-refractivity contribution is 7.14. The molecule has 0 spiro atoms. The molecule has 0 unspecified atom stereocenters. The average Bonchev–Trinajstić information content (AvgIpc) is 3.24. The maximum absolute atomic E-state index is 12.4. The van der Waals surface area contributed by atoms with Crippen LogP contribution in [0.15, 0.2) is 29.6 Å². The summed E-state index contributed by atoms with van der Waals surface area (Å²) in [5.74, 6) is 0.0686. The number of aromatic nitrogens is 1. The summed E-state index contributed by atoms with van der Waals surface area (Å²) in [5, 5.41) is 11.3. The zero-order valence-corrected chi connectivity index (χ0v) is 14.8. The van der Waals surface area contributed by atoms with Crippen molar-refractivity contribution in [1.29, 1.82) is 5.26 Å². The number of anilines is 1. The number of thiazole rings is 1. The summed E-state index contributed by atoms with van der Waals surface area (Å²) >= 11 is 1.40. The molecule has 128 valence electrons. The first kappa shape index (κ1) is 17.1. The zero-order chi connectivity index (χ0) is 17.8. The van der Waals surface area contributed by atoms with Crippen LogP contribution in [0.5, 0.6) is 0 Å². The molecule has 25 heavy (non-hydrogen) atoms. The molecule has 2 heterocycles. The number of amides is 2. The smallest absolute Gasteiger partial charge is 0.228 e. The first-order valence-electron chi connectivity index (χ1n) is 8.04. The highest BCUT2D eigenvalue weighted by Crippen LogP contribution is 2.25. The molecule has 0 aliphatic carbocycles. The van der Waals surface area contributed by atoms with Crippen molar-refractivity contribution in [3.8, 4) is 6.07 Å². The van der Waals surface area contributed by atoms with Crippen LogP contribution in [0.3, 0.4) is 0 Å². The molecule has 2 amide bonds. The molecule has 0 atom stereocenters. The third-order valence-electron chi connectivity index (χ3n) is 4.10. The van der Waals surface area contributed by atoms with Crippen molar-refractivity contribution in [2.45, 2.75) is 25.8 Å². The Hall–Kier alpha value is -2.72. The average molecular weight is 354 g/mol. The van der Waals surface area contributed by atoms with Gasteiger partial charge in [0.25, 0.3) is 0 Å². The van der Waals surface area contributed by atoms with Crippen LogP contribution in [-0.2, 0) is 22.6 Å². The molecular formula is C18H18N4O2S. The van der Waals surface area contributed by atoms with E-state index >= 15 is 0 Å². The third kappa shape index (κ3) is 4.03. The molecule has 1 aliphatic rings. The summed E-state index contributed by atoms with van der Waals surface area (Å²) in [7, 11) is 1.75. The standard InChI is InChI=1S/C18H18N4O2S/c1-21(11-14-6-4-13(10-19)5-7-14)17(24)9-15-12-25-18(20-15)22-8-2-3-16(22)23/h4-7,12H,2-3,8-9,11H2,1H3. The number of rotatable bonds is 5. The molecule has 6 nitrogen and oxygen atoms in total. The second-order valence-electron chi connectivity index (χ2n) is 6.01. The van der Waals surface area contributed by atoms with Crippen LogP contribution < -0.4 is 4.90 Å². The van der Waals surface area contributed by atoms with Crippen molar-refractivity contribution in [3.63, 3.8) is 0 Å². The molecule has 7 heteroatoms. The summed E-state index contributed by atoms with van der Waals surface area (Å²) in [5.41, 5.74) is 2.26. The van der Waals surface area contributed by atoms with Crippen LogP contribution in [0.1, 0.15) is 29.7 Å². The monoisotopic (exact) mass is 354 g/mol. The number of nitriles is 1. The van der Waals surface area contributed by atoms with E-state index in [-0.39, 0.29) is 18.2 Å². The minimum atomic E-state index is -0.0334. The van der Waals surface area contributed by atoms with Crippen LogP contribution in [0.25, 0.3) is 0 Å². The molecular weight excluding hydrogens is 336 g/mol. The van der Waals surface area contributed by atoms with Gasteiger partial charge in [-0.3, -0.25) is 14.5 Å². The number of hydrogen-bond acceptors (Lipinski definition) is 5. The lowest BCUT2D eigenvalue weighted by Crippen LogP contribution is -2.28. The van der Waals surface area contributed by atoms with E-state index in [1.165, 1.54) is 11.3 Å². The summed E-state index contributed by atoms with van der Waals surface area (Å²) in [4.78, 5) is 31.9. The van der Waals surface area contributed by atoms with Gasteiger partial charge in [0.05, 0.1) is 23.7 Å². The predicted molar refractivity (Wildman–Crippen MR) is 95.0 cm³/mol. The zero-order valence-electron chi connectivity index (χ0n) is 13.9. The van der Waals surface area contributed by atoms with E-state index in [0.717, 1.165) is 12.0 Å². The van der Waals surface area contributed by atoms with Gasteiger partial charge in [-0.15, -0.1) is 11.3 Å². The molecule has 0 bridgehead atoms. The second-order valence-corrected chi connectivity index (χ2v) is 6.84. The fourth-order valence-electron chi connectivity index (χ4n) is 2.69. The van der Waals surface area contributed by atoms with Gasteiger partial charge in [0.15, 0.2) is 5.13 Å². The third-order valence-corrected chi connectivity index (χ3v) is 5.02. The van der Waals surface area contributed by atoms with Gasteiger partial charge in [-0.05, 0) is 24.1 Å². The van der Waals surface area contributed by atoms with Gasteiger partial charge < -0.3 is 4.90 Å². The van der Waals surface area contributed by atoms with E-state index in [2.05, 4.69) is 11.1 Å². The van der Waals surface area contributed by atoms with Gasteiger partial charge in [0, 0.05) is 31.9 Å². The Labute approximate surface area is 150 Å². The van der Waals surface area contributed by atoms with Crippen LogP contribution in [0.4, 0.5) is 5.13 Å². The van der Waals surface area contributed by atoms with Crippen molar-refractivity contribution in [3.05, 3.63) is 46.5 Å². The number of hydrogen-bond donors (Lipinski definition) is 0. The number of likely N-dealkylation sites (N-methyl/N-ethyl adjacent to an activating group) is 1. The SMILES string of the molecule is CN(Cc1ccc(C#N)cc1)C(=O)Cc1csc(N2CCCC2=O)n1. The summed E-state index contributed by atoms with van der Waals surface area (Å²) in [6.07, 6.45) is 1.65. The van der Waals surface area contributed by atoms with Crippen molar-refractivity contribution in [1.82, 2.24) is 9.88 Å². The minimum absolute atomic E-state index is 0.0334. The summed E-state index contributed by atoms with van der Waals surface area (Å²) in [6, 6.07) is 9.26. The normalized spacial score (nSPS) is 13.8. The van der Waals surface area contributed by atoms with Crippen LogP contribution >= 0.6 is 11.3 Å². The second kappa shape index (κ2) is 7.45. The Morgan fingerprint density at radius 3 is 2.80 bits per heavy atom. The van der Waals surface area contributed by atoms with E-state index < -0.39 is 0 Å². The van der Waals surface area contributed by atoms with Crippen LogP contribution in [0.2, 0.25) is 0 Å². The largest absolute Gasteiger partial charge is 0.341 e. The fourth-order valence-corrected chi connectivity index (χ4v) is 3.56. The van der Waals surface area contributed by atoms with Gasteiger partial charge in [-0.2, -0.15) is 5.26 Å². The van der Waals surface area contributed by atoms with Gasteiger partial charge in [-0.25, -0.2) is 4.98 Å². The Balaban J connectivity index is 1.58. The first-order chi connectivity index (χ1) is 12.1. The lowest BCUT2D eigenvalue weighted by Gasteiger charge is -2.17. The van der Waals surface area contributed by atoms with E-state index in [1.54, 1.807) is 29.0 Å². The van der Waals surface area contributed by atoms with Gasteiger partial charge >= 0.3 is 0 Å². The van der Waals surface area contributed by atoms with Crippen molar-refractivity contribution in [2.24, 2.45) is 0 Å². The molecule has 0 radical (unpaired) electrons. The topological polar surface area (TPSA) is 77.3 Å². The van der Waals surface area contributed by atoms with Crippen molar-refractivity contribution in [2.75, 3.05) is 18.5 Å². The van der Waals surface area contributed by atoms with Crippen molar-refractivity contribution >= 4 is 28.3 Å². The molecule has 1 fully saturated rings. The minimum Gasteiger partial charge on any atom is -0.341 e. The number of carbonyl (C=O) groups is 2. The maximum atomic E-state index is 12.4. The quantitative estimate of drug-likeness (QED) is 0.826. The van der Waals surface area contributed by atoms with Crippen molar-refractivity contribution < 1.29 is 9.59 Å². The Morgan fingerprint density at radius 2 is 2.16 bits per heavy atom. The predicted octanol–water partition coefficient (Wildman–Crippen LogP) is 2.34. The van der Waals surface area contributed by atoms with Crippen LogP contribution in [0, 0.1) is 11.3 Å². The lowest BCUT2D eigenvalue weighted by molar-refractivity contribution is -0.129. The highest BCUT2D eigenvalue weighted by atomic mass is 32.1. The Morgan fingerprint density at radius 1 is 1.40 bits per heavy atom. The first-order valence-corrected chi connectivity index (χ1v) is 8.92. The molecule has 1 aliphatic heterocycles.